The molecule has 0 nitrogen and oxygen atoms in total. The van der Waals surface area contributed by atoms with E-state index in [1.54, 1.807) is 0 Å². The maximum absolute atomic E-state index is 4.72. The van der Waals surface area contributed by atoms with Gasteiger partial charge in [-0.25, -0.2) is 0 Å². The van der Waals surface area contributed by atoms with Gasteiger partial charge in [0.05, 0.1) is 0 Å². The van der Waals surface area contributed by atoms with E-state index in [2.05, 4.69) is 420 Å². The molecule has 51 atom stereocenters. The van der Waals surface area contributed by atoms with Gasteiger partial charge >= 0.3 is 0 Å². The van der Waals surface area contributed by atoms with E-state index in [1.165, 1.54) is 0 Å². The highest BCUT2D eigenvalue weighted by molar-refractivity contribution is 9.60. The van der Waals surface area contributed by atoms with Gasteiger partial charge in [-0.1, -0.05) is 6.99 Å². The second-order valence-electron chi connectivity index (χ2n) is 15.3. The Hall–Kier alpha value is 41.3. The minimum atomic E-state index is -0.639. The fraction of sp³-hybridized carbons (Fsp3) is 0. The SMILES string of the molecule is [PH-]P([PH-])P(P)P(P(P)P)P(P(P(P)P)P(P)P)P(P(P(P(P)P)P(P)P)P(P(P)P)P(P)P)P(P(P(P(P(P)P)P(P)P)P(P(P)P)P(P)P)P(P(P(P)P)P(P)P)P(P(P)P)P(P)P)P(P(P(P(P)P)P(P)P)P(P(P)P)P(P)P)P(P(P(P)P)P(P)P)P(P(P)P)P(P)P. The summed E-state index contributed by atoms with van der Waals surface area (Å²) in [7, 11) is 187. The maximum Gasteiger partial charge on any atom is -0.000000257 e. The van der Waals surface area contributed by atoms with Gasteiger partial charge < -0.3 is 24.8 Å². The van der Waals surface area contributed by atoms with Gasteiger partial charge in [-0.2, -0.15) is 0 Å². The standard InChI is InChI=1S/H96P96/c1-50(2)74(49)86(73(47)48)92(85(71(43)44)72(45)46)95(91(83(67(35)36)68(37)38)84(69(39)40)70(41)42)96(93(87(75(51(3)4)52(5)6)76(53(7)8)54(9)10)88(77(55(11)12)56(13)14)78(57(15)16)58(17)18)94(89(79(59(19)20)60(21)22)80(61(23)24)62(25)26)90(81(63(27)28)64(29)30)82(65(31)32)66(33)34/h1-2H,3-49H2/q-2. The third kappa shape index (κ3) is 48.1. The molecule has 0 aliphatic heterocycles. The predicted molar refractivity (Wildman–Crippen MR) is 798 cm³/mol. The summed E-state index contributed by atoms with van der Waals surface area (Å²) in [5.74, 6) is 0. The van der Waals surface area contributed by atoms with Crippen LogP contribution in [0, 0.1) is 0 Å². The van der Waals surface area contributed by atoms with E-state index in [4.69, 9.17) is 17.9 Å². The minimum Gasteiger partial charge on any atom is -0.553 e. The van der Waals surface area contributed by atoms with Gasteiger partial charge in [0.2, 0.25) is 0 Å². The molecular formula is H96P96-2. The van der Waals surface area contributed by atoms with Crippen molar-refractivity contribution in [2.75, 3.05) is 0 Å². The average molecular weight is 3070 g/mol. The third-order valence-corrected chi connectivity index (χ3v) is 688. The summed E-state index contributed by atoms with van der Waals surface area (Å²) in [6.45, 7) is -21.4. The fourth-order valence-corrected chi connectivity index (χ4v) is 1420. The molecule has 96 heteroatoms. The summed E-state index contributed by atoms with van der Waals surface area (Å²) in [6.07, 6.45) is 0. The zero-order chi connectivity index (χ0) is 76.1. The Balaban J connectivity index is 14.3. The molecule has 0 aromatic rings. The van der Waals surface area contributed by atoms with Crippen molar-refractivity contribution in [2.24, 2.45) is 0 Å². The monoisotopic (exact) mass is 3070 g/mol. The molecule has 0 rings (SSSR count). The molecule has 96 heavy (non-hydrogen) atoms. The lowest BCUT2D eigenvalue weighted by Crippen LogP contribution is -1.77. The fourth-order valence-electron chi connectivity index (χ4n) is 5.85. The molecule has 0 aromatic heterocycles. The van der Waals surface area contributed by atoms with Crippen molar-refractivity contribution in [3.8, 4) is 0 Å². The van der Waals surface area contributed by atoms with E-state index in [0.717, 1.165) is 0 Å². The third-order valence-electron chi connectivity index (χ3n) is 8.50. The molecule has 0 amide bonds. The van der Waals surface area contributed by atoms with Gasteiger partial charge in [0, 0.05) is 0 Å². The number of rotatable bonds is 46. The first-order valence-electron chi connectivity index (χ1n) is 21.8. The van der Waals surface area contributed by atoms with Crippen LogP contribution in [-0.2, 0) is 0 Å². The highest BCUT2D eigenvalue weighted by Gasteiger charge is 2.67. The molecular weight excluding hydrogens is 2970 g/mol. The Morgan fingerprint density at radius 1 is 0.0938 bits per heavy atom. The zero-order valence-corrected chi connectivity index (χ0v) is 147. The molecule has 0 saturated carbocycles. The van der Waals surface area contributed by atoms with Gasteiger partial charge in [0.15, 0.2) is 0 Å². The van der Waals surface area contributed by atoms with Crippen molar-refractivity contribution in [3.63, 3.8) is 0 Å². The maximum atomic E-state index is 4.72. The lowest BCUT2D eigenvalue weighted by molar-refractivity contribution is 4.29. The molecule has 0 aliphatic rings. The highest BCUT2D eigenvalue weighted by Crippen LogP contribution is 3.54. The summed E-state index contributed by atoms with van der Waals surface area (Å²) in [5.41, 5.74) is 0. The second kappa shape index (κ2) is 75.1. The van der Waals surface area contributed by atoms with Crippen LogP contribution < -0.4 is 0 Å². The molecule has 0 N–H and O–H groups in total. The number of hydrogen-bond donors (Lipinski definition) is 0. The summed E-state index contributed by atoms with van der Waals surface area (Å²) >= 11 is 0. The van der Waals surface area contributed by atoms with Gasteiger partial charge in [-0.05, 0) is 314 Å². The van der Waals surface area contributed by atoms with Crippen LogP contribution in [0.4, 0.5) is 0 Å². The quantitative estimate of drug-likeness (QED) is 0.0533. The molecule has 0 saturated heterocycles. The van der Waals surface area contributed by atoms with Gasteiger partial charge in [0.1, 0.15) is 0 Å². The van der Waals surface area contributed by atoms with E-state index in [0.29, 0.717) is 0 Å². The van der Waals surface area contributed by atoms with Crippen molar-refractivity contribution in [1.82, 2.24) is 0 Å². The second-order valence-corrected chi connectivity index (χ2v) is 412. The summed E-state index contributed by atoms with van der Waals surface area (Å²) in [6, 6.07) is 0. The molecule has 0 aliphatic carbocycles. The summed E-state index contributed by atoms with van der Waals surface area (Å²) in [5, 5.41) is 0. The van der Waals surface area contributed by atoms with E-state index in [-0.39, 0.29) is 0 Å². The van der Waals surface area contributed by atoms with Gasteiger partial charge in [-0.15, -0.1) is 420 Å². The molecule has 0 heterocycles. The first-order chi connectivity index (χ1) is 43.6. The lowest BCUT2D eigenvalue weighted by atomic mass is 28.3. The molecule has 0 aromatic carbocycles. The highest BCUT2D eigenvalue weighted by atomic mass is 33.7. The zero-order valence-electron chi connectivity index (χ0n) is 49.2. The van der Waals surface area contributed by atoms with Crippen LogP contribution in [0.3, 0.4) is 0 Å². The minimum absolute atomic E-state index is 0.409. The van der Waals surface area contributed by atoms with Crippen LogP contribution in [0.15, 0.2) is 0 Å². The van der Waals surface area contributed by atoms with Crippen LogP contribution in [0.1, 0.15) is 0 Å². The van der Waals surface area contributed by atoms with E-state index in [1.807, 2.05) is 0 Å². The first-order valence-corrected chi connectivity index (χ1v) is 196. The molecule has 578 valence electrons. The predicted octanol–water partition coefficient (Wildman–Crippen LogP) is 57.0. The summed E-state index contributed by atoms with van der Waals surface area (Å²) in [4.78, 5) is 0. The van der Waals surface area contributed by atoms with Gasteiger partial charge in [-0.3, -0.25) is 0 Å². The smallest absolute Gasteiger partial charge is 0.000000257 e. The Labute approximate surface area is 753 Å². The van der Waals surface area contributed by atoms with Crippen molar-refractivity contribution in [3.05, 3.63) is 0 Å². The van der Waals surface area contributed by atoms with Crippen LogP contribution in [0.2, 0.25) is 0 Å². The Kier molecular flexibility index (Phi) is 107. The Morgan fingerprint density at radius 2 is 0.156 bits per heavy atom. The van der Waals surface area contributed by atoms with Crippen LogP contribution >= 0.6 is 766 Å². The first kappa shape index (κ1) is 137. The molecule has 0 spiro atoms. The molecule has 0 fully saturated rings. The average Bonchev–Trinajstić information content (AvgIpc) is 3.36. The largest absolute Gasteiger partial charge is 0.553 e. The molecule has 0 radical (unpaired) electrons. The van der Waals surface area contributed by atoms with Crippen molar-refractivity contribution >= 4 is 766 Å². The molecule has 51 unspecified atom stereocenters. The topological polar surface area (TPSA) is 0 Å². The lowest BCUT2D eigenvalue weighted by Gasteiger charge is -2.64. The Morgan fingerprint density at radius 3 is 0.219 bits per heavy atom. The normalized spacial score (nSPS) is 15.9. The van der Waals surface area contributed by atoms with E-state index >= 15 is 0 Å². The summed E-state index contributed by atoms with van der Waals surface area (Å²) < 4.78 is 0. The number of hydrogen-bond acceptors (Lipinski definition) is 0. The van der Waals surface area contributed by atoms with Crippen molar-refractivity contribution < 1.29 is 0 Å². The van der Waals surface area contributed by atoms with Gasteiger partial charge in [0.25, 0.3) is 0 Å². The van der Waals surface area contributed by atoms with E-state index in [9.17, 15) is 0 Å². The van der Waals surface area contributed by atoms with E-state index < -0.39 is 328 Å². The Bertz CT molecular complexity index is 1600. The molecule has 0 bridgehead atoms. The van der Waals surface area contributed by atoms with Crippen LogP contribution in [0.25, 0.3) is 0 Å². The van der Waals surface area contributed by atoms with Crippen molar-refractivity contribution in [1.29, 1.82) is 0 Å². The van der Waals surface area contributed by atoms with Crippen LogP contribution in [-0.4, -0.2) is 0 Å². The van der Waals surface area contributed by atoms with Crippen LogP contribution in [0.5, 0.6) is 0 Å². The van der Waals surface area contributed by atoms with Crippen molar-refractivity contribution in [2.45, 2.75) is 0 Å².